The maximum atomic E-state index is 12.6. The molecule has 0 aromatic heterocycles. The predicted molar refractivity (Wildman–Crippen MR) is 110 cm³/mol. The monoisotopic (exact) mass is 372 g/mol. The molecule has 0 aliphatic carbocycles. The van der Waals surface area contributed by atoms with Gasteiger partial charge in [-0.2, -0.15) is 0 Å². The summed E-state index contributed by atoms with van der Waals surface area (Å²) in [6.45, 7) is 0. The van der Waals surface area contributed by atoms with Gasteiger partial charge in [-0.3, -0.25) is 4.79 Å². The first-order chi connectivity index (χ1) is 13.7. The number of anilines is 1. The van der Waals surface area contributed by atoms with Crippen molar-refractivity contribution in [1.29, 1.82) is 0 Å². The van der Waals surface area contributed by atoms with Gasteiger partial charge in [0.1, 0.15) is 5.75 Å². The smallest absolute Gasteiger partial charge is 0.268 e. The fourth-order valence-corrected chi connectivity index (χ4v) is 3.16. The molecule has 0 unspecified atom stereocenters. The minimum absolute atomic E-state index is 0.221. The van der Waals surface area contributed by atoms with Gasteiger partial charge in [0.2, 0.25) is 6.10 Å². The Hall–Kier alpha value is -3.60. The molecule has 5 heteroatoms. The summed E-state index contributed by atoms with van der Waals surface area (Å²) in [4.78, 5) is 17.9. The number of rotatable bonds is 5. The number of carbonyl (C=O) groups is 1. The number of methoxy groups -OCH3 is 1. The van der Waals surface area contributed by atoms with Crippen LogP contribution in [0.25, 0.3) is 11.1 Å². The van der Waals surface area contributed by atoms with Crippen molar-refractivity contribution in [3.05, 3.63) is 84.4 Å². The van der Waals surface area contributed by atoms with E-state index in [1.165, 1.54) is 0 Å². The molecule has 0 bridgehead atoms. The first-order valence-corrected chi connectivity index (χ1v) is 9.07. The minimum Gasteiger partial charge on any atom is -0.496 e. The van der Waals surface area contributed by atoms with E-state index in [2.05, 4.69) is 22.6 Å². The second kappa shape index (κ2) is 7.96. The summed E-state index contributed by atoms with van der Waals surface area (Å²) in [5, 5.41) is 6.98. The van der Waals surface area contributed by atoms with Crippen LogP contribution >= 0.6 is 0 Å². The fourth-order valence-electron chi connectivity index (χ4n) is 3.16. The molecule has 1 atom stereocenters. The number of ether oxygens (including phenoxy) is 1. The Balaban J connectivity index is 1.40. The third kappa shape index (κ3) is 3.74. The number of nitrogens with one attached hydrogen (secondary N) is 1. The van der Waals surface area contributed by atoms with Crippen molar-refractivity contribution in [3.63, 3.8) is 0 Å². The van der Waals surface area contributed by atoms with Gasteiger partial charge in [0.05, 0.1) is 12.8 Å². The van der Waals surface area contributed by atoms with Crippen LogP contribution in [0.15, 0.2) is 84.0 Å². The molecule has 140 valence electrons. The van der Waals surface area contributed by atoms with Gasteiger partial charge in [-0.1, -0.05) is 59.8 Å². The Morgan fingerprint density at radius 2 is 1.64 bits per heavy atom. The number of amides is 1. The number of para-hydroxylation sites is 1. The average Bonchev–Trinajstić information content (AvgIpc) is 3.25. The number of carbonyl (C=O) groups excluding carboxylic acids is 1. The molecule has 0 radical (unpaired) electrons. The molecule has 1 aliphatic rings. The maximum absolute atomic E-state index is 12.6. The molecule has 0 fully saturated rings. The first-order valence-electron chi connectivity index (χ1n) is 9.07. The van der Waals surface area contributed by atoms with Crippen LogP contribution in [0.4, 0.5) is 5.69 Å². The van der Waals surface area contributed by atoms with E-state index in [9.17, 15) is 4.79 Å². The third-order valence-corrected chi connectivity index (χ3v) is 4.64. The van der Waals surface area contributed by atoms with Crippen LogP contribution < -0.4 is 10.1 Å². The van der Waals surface area contributed by atoms with E-state index in [0.717, 1.165) is 22.4 Å². The summed E-state index contributed by atoms with van der Waals surface area (Å²) in [6.07, 6.45) is -0.261. The molecule has 1 N–H and O–H groups in total. The Kier molecular flexibility index (Phi) is 5.06. The molecule has 1 aliphatic heterocycles. The number of hydrogen-bond acceptors (Lipinski definition) is 4. The average molecular weight is 372 g/mol. The Morgan fingerprint density at radius 3 is 2.39 bits per heavy atom. The SMILES string of the molecule is COc1ccccc1C1=NO[C@@H](C(=O)Nc2ccc(-c3ccccc3)cc2)C1. The molecular weight excluding hydrogens is 352 g/mol. The van der Waals surface area contributed by atoms with Crippen LogP contribution in [-0.2, 0) is 9.63 Å². The molecule has 3 aromatic carbocycles. The number of benzene rings is 3. The van der Waals surface area contributed by atoms with Crippen molar-refractivity contribution in [1.82, 2.24) is 0 Å². The fraction of sp³-hybridized carbons (Fsp3) is 0.130. The van der Waals surface area contributed by atoms with Crippen LogP contribution in [-0.4, -0.2) is 24.8 Å². The summed E-state index contributed by atoms with van der Waals surface area (Å²) in [7, 11) is 1.61. The number of hydrogen-bond donors (Lipinski definition) is 1. The van der Waals surface area contributed by atoms with Gasteiger partial charge in [0, 0.05) is 17.7 Å². The second-order valence-electron chi connectivity index (χ2n) is 6.47. The molecule has 4 rings (SSSR count). The van der Waals surface area contributed by atoms with E-state index in [1.54, 1.807) is 7.11 Å². The van der Waals surface area contributed by atoms with Gasteiger partial charge in [0.25, 0.3) is 5.91 Å². The van der Waals surface area contributed by atoms with Crippen molar-refractivity contribution in [2.45, 2.75) is 12.5 Å². The largest absolute Gasteiger partial charge is 0.496 e. The van der Waals surface area contributed by atoms with Crippen molar-refractivity contribution in [3.8, 4) is 16.9 Å². The predicted octanol–water partition coefficient (Wildman–Crippen LogP) is 4.49. The molecule has 5 nitrogen and oxygen atoms in total. The zero-order valence-electron chi connectivity index (χ0n) is 15.5. The number of nitrogens with zero attached hydrogens (tertiary/aromatic N) is 1. The highest BCUT2D eigenvalue weighted by Crippen LogP contribution is 2.26. The minimum atomic E-state index is -0.659. The second-order valence-corrected chi connectivity index (χ2v) is 6.47. The molecule has 28 heavy (non-hydrogen) atoms. The molecule has 0 saturated heterocycles. The van der Waals surface area contributed by atoms with E-state index < -0.39 is 6.10 Å². The van der Waals surface area contributed by atoms with Gasteiger partial charge >= 0.3 is 0 Å². The van der Waals surface area contributed by atoms with Crippen LogP contribution in [0.1, 0.15) is 12.0 Å². The zero-order valence-corrected chi connectivity index (χ0v) is 15.5. The molecule has 0 spiro atoms. The van der Waals surface area contributed by atoms with Crippen molar-refractivity contribution >= 4 is 17.3 Å². The van der Waals surface area contributed by atoms with E-state index in [-0.39, 0.29) is 5.91 Å². The van der Waals surface area contributed by atoms with Crippen LogP contribution in [0.2, 0.25) is 0 Å². The van der Waals surface area contributed by atoms with Gasteiger partial charge < -0.3 is 14.9 Å². The maximum Gasteiger partial charge on any atom is 0.268 e. The van der Waals surface area contributed by atoms with Gasteiger partial charge in [0.15, 0.2) is 0 Å². The Labute approximate surface area is 163 Å². The molecule has 3 aromatic rings. The lowest BCUT2D eigenvalue weighted by Crippen LogP contribution is -2.28. The summed E-state index contributed by atoms with van der Waals surface area (Å²) < 4.78 is 5.36. The van der Waals surface area contributed by atoms with Crippen molar-refractivity contribution in [2.75, 3.05) is 12.4 Å². The van der Waals surface area contributed by atoms with E-state index in [0.29, 0.717) is 17.9 Å². The molecule has 1 amide bonds. The van der Waals surface area contributed by atoms with Crippen LogP contribution in [0, 0.1) is 0 Å². The highest BCUT2D eigenvalue weighted by Gasteiger charge is 2.30. The topological polar surface area (TPSA) is 59.9 Å². The molecule has 0 saturated carbocycles. The van der Waals surface area contributed by atoms with Gasteiger partial charge in [-0.25, -0.2) is 0 Å². The van der Waals surface area contributed by atoms with Gasteiger partial charge in [-0.15, -0.1) is 0 Å². The van der Waals surface area contributed by atoms with E-state index in [1.807, 2.05) is 66.7 Å². The molecule has 1 heterocycles. The van der Waals surface area contributed by atoms with E-state index >= 15 is 0 Å². The lowest BCUT2D eigenvalue weighted by molar-refractivity contribution is -0.125. The first kappa shape index (κ1) is 17.8. The summed E-state index contributed by atoms with van der Waals surface area (Å²) in [6, 6.07) is 25.4. The van der Waals surface area contributed by atoms with Crippen molar-refractivity contribution in [2.24, 2.45) is 5.16 Å². The highest BCUT2D eigenvalue weighted by atomic mass is 16.6. The zero-order chi connectivity index (χ0) is 19.3. The Bertz CT molecular complexity index is 998. The van der Waals surface area contributed by atoms with E-state index in [4.69, 9.17) is 9.57 Å². The lowest BCUT2D eigenvalue weighted by atomic mass is 10.0. The normalized spacial score (nSPS) is 15.5. The Morgan fingerprint density at radius 1 is 0.964 bits per heavy atom. The third-order valence-electron chi connectivity index (χ3n) is 4.64. The lowest BCUT2D eigenvalue weighted by Gasteiger charge is -2.10. The van der Waals surface area contributed by atoms with Crippen molar-refractivity contribution < 1.29 is 14.4 Å². The van der Waals surface area contributed by atoms with Gasteiger partial charge in [-0.05, 0) is 35.4 Å². The summed E-state index contributed by atoms with van der Waals surface area (Å²) in [5.41, 5.74) is 4.50. The quantitative estimate of drug-likeness (QED) is 0.718. The number of oxime groups is 1. The van der Waals surface area contributed by atoms with Crippen LogP contribution in [0.3, 0.4) is 0 Å². The van der Waals surface area contributed by atoms with Crippen LogP contribution in [0.5, 0.6) is 5.75 Å². The molecular formula is C23H20N2O3. The highest BCUT2D eigenvalue weighted by molar-refractivity contribution is 6.07. The standard InChI is InChI=1S/C23H20N2O3/c1-27-21-10-6-5-9-19(21)20-15-22(28-25-20)23(26)24-18-13-11-17(12-14-18)16-7-3-2-4-8-16/h2-14,22H,15H2,1H3,(H,24,26)/t22-/m1/s1. The summed E-state index contributed by atoms with van der Waals surface area (Å²) in [5.74, 6) is 0.489. The summed E-state index contributed by atoms with van der Waals surface area (Å²) >= 11 is 0.